The molecule has 0 spiro atoms. The van der Waals surface area contributed by atoms with Gasteiger partial charge in [0.15, 0.2) is 0 Å². The van der Waals surface area contributed by atoms with Crippen LogP contribution >= 0.6 is 0 Å². The maximum absolute atomic E-state index is 4.38. The Hall–Kier alpha value is -0.930. The summed E-state index contributed by atoms with van der Waals surface area (Å²) >= 11 is 0. The van der Waals surface area contributed by atoms with Crippen LogP contribution in [0.4, 0.5) is 0 Å². The summed E-state index contributed by atoms with van der Waals surface area (Å²) in [6.07, 6.45) is 4.50. The summed E-state index contributed by atoms with van der Waals surface area (Å²) in [5.41, 5.74) is 2.43. The largest absolute Gasteiger partial charge is 0.314 e. The normalized spacial score (nSPS) is 24.6. The maximum Gasteiger partial charge on any atom is 0.0372 e. The Balaban J connectivity index is 1.82. The Kier molecular flexibility index (Phi) is 5.34. The molecule has 19 heavy (non-hydrogen) atoms. The van der Waals surface area contributed by atoms with Crippen molar-refractivity contribution in [2.24, 2.45) is 5.92 Å². The lowest BCUT2D eigenvalue weighted by Crippen LogP contribution is -2.48. The van der Waals surface area contributed by atoms with Crippen molar-refractivity contribution in [3.8, 4) is 0 Å². The van der Waals surface area contributed by atoms with Crippen molar-refractivity contribution in [1.82, 2.24) is 15.2 Å². The van der Waals surface area contributed by atoms with Crippen molar-refractivity contribution >= 4 is 0 Å². The molecule has 0 amide bonds. The highest BCUT2D eigenvalue weighted by molar-refractivity contribution is 5.13. The van der Waals surface area contributed by atoms with E-state index in [0.29, 0.717) is 6.04 Å². The third kappa shape index (κ3) is 4.29. The first-order chi connectivity index (χ1) is 9.19. The van der Waals surface area contributed by atoms with E-state index in [1.165, 1.54) is 31.5 Å². The second kappa shape index (κ2) is 7.01. The maximum atomic E-state index is 4.38. The molecule has 2 heterocycles. The number of piperidine rings is 1. The number of aromatic nitrogens is 1. The van der Waals surface area contributed by atoms with Crippen LogP contribution in [0.25, 0.3) is 0 Å². The highest BCUT2D eigenvalue weighted by atomic mass is 15.1. The molecule has 1 aromatic heterocycles. The number of likely N-dealkylation sites (tertiary alicyclic amines) is 1. The molecule has 1 aromatic rings. The molecule has 0 saturated carbocycles. The summed E-state index contributed by atoms with van der Waals surface area (Å²) in [5.74, 6) is 0.735. The molecule has 106 valence electrons. The number of hydrogen-bond acceptors (Lipinski definition) is 3. The summed E-state index contributed by atoms with van der Waals surface area (Å²) in [6.45, 7) is 11.2. The van der Waals surface area contributed by atoms with Crippen LogP contribution in [0.3, 0.4) is 0 Å². The SMILES string of the molecule is CCCNC1CCN(Cc2ccc(C)nc2)CC1C. The van der Waals surface area contributed by atoms with Crippen LogP contribution in [-0.4, -0.2) is 35.6 Å². The van der Waals surface area contributed by atoms with E-state index in [4.69, 9.17) is 0 Å². The van der Waals surface area contributed by atoms with Crippen LogP contribution in [0, 0.1) is 12.8 Å². The topological polar surface area (TPSA) is 28.2 Å². The number of pyridine rings is 1. The highest BCUT2D eigenvalue weighted by Gasteiger charge is 2.25. The average molecular weight is 261 g/mol. The summed E-state index contributed by atoms with van der Waals surface area (Å²) in [4.78, 5) is 6.94. The molecule has 2 unspecified atom stereocenters. The van der Waals surface area contributed by atoms with Gasteiger partial charge < -0.3 is 5.32 Å². The van der Waals surface area contributed by atoms with Crippen molar-refractivity contribution < 1.29 is 0 Å². The van der Waals surface area contributed by atoms with Gasteiger partial charge in [-0.2, -0.15) is 0 Å². The Labute approximate surface area is 117 Å². The van der Waals surface area contributed by atoms with Crippen LogP contribution in [-0.2, 0) is 6.54 Å². The number of rotatable bonds is 5. The average Bonchev–Trinajstić information content (AvgIpc) is 2.41. The Morgan fingerprint density at radius 1 is 1.42 bits per heavy atom. The van der Waals surface area contributed by atoms with Gasteiger partial charge in [-0.25, -0.2) is 0 Å². The van der Waals surface area contributed by atoms with E-state index in [0.717, 1.165) is 24.7 Å². The predicted molar refractivity (Wildman–Crippen MR) is 80.1 cm³/mol. The smallest absolute Gasteiger partial charge is 0.0372 e. The monoisotopic (exact) mass is 261 g/mol. The zero-order chi connectivity index (χ0) is 13.7. The molecule has 0 bridgehead atoms. The van der Waals surface area contributed by atoms with Crippen LogP contribution in [0.1, 0.15) is 37.9 Å². The van der Waals surface area contributed by atoms with Crippen LogP contribution in [0.2, 0.25) is 0 Å². The quantitative estimate of drug-likeness (QED) is 0.883. The summed E-state index contributed by atoms with van der Waals surface area (Å²) < 4.78 is 0. The van der Waals surface area contributed by atoms with E-state index in [1.807, 2.05) is 13.1 Å². The van der Waals surface area contributed by atoms with Gasteiger partial charge in [0.2, 0.25) is 0 Å². The number of nitrogens with zero attached hydrogens (tertiary/aromatic N) is 2. The van der Waals surface area contributed by atoms with E-state index in [-0.39, 0.29) is 0 Å². The summed E-state index contributed by atoms with van der Waals surface area (Å²) in [5, 5.41) is 3.67. The van der Waals surface area contributed by atoms with E-state index in [2.05, 4.69) is 41.2 Å². The van der Waals surface area contributed by atoms with E-state index in [1.54, 1.807) is 0 Å². The van der Waals surface area contributed by atoms with Gasteiger partial charge in [-0.05, 0) is 50.4 Å². The van der Waals surface area contributed by atoms with Gasteiger partial charge in [-0.15, -0.1) is 0 Å². The molecule has 0 radical (unpaired) electrons. The lowest BCUT2D eigenvalue weighted by atomic mass is 9.93. The molecule has 0 aromatic carbocycles. The van der Waals surface area contributed by atoms with Crippen molar-refractivity contribution in [3.05, 3.63) is 29.6 Å². The minimum Gasteiger partial charge on any atom is -0.314 e. The van der Waals surface area contributed by atoms with Gasteiger partial charge in [0.05, 0.1) is 0 Å². The fraction of sp³-hybridized carbons (Fsp3) is 0.688. The second-order valence-corrected chi connectivity index (χ2v) is 5.87. The van der Waals surface area contributed by atoms with Gasteiger partial charge in [0.25, 0.3) is 0 Å². The minimum atomic E-state index is 0.701. The van der Waals surface area contributed by atoms with Gasteiger partial charge in [0, 0.05) is 31.0 Å². The summed E-state index contributed by atoms with van der Waals surface area (Å²) in [7, 11) is 0. The molecule has 2 atom stereocenters. The minimum absolute atomic E-state index is 0.701. The van der Waals surface area contributed by atoms with E-state index >= 15 is 0 Å². The van der Waals surface area contributed by atoms with Gasteiger partial charge >= 0.3 is 0 Å². The molecule has 1 aliphatic heterocycles. The van der Waals surface area contributed by atoms with E-state index in [9.17, 15) is 0 Å². The van der Waals surface area contributed by atoms with Crippen molar-refractivity contribution in [2.45, 2.75) is 46.2 Å². The molecule has 1 N–H and O–H groups in total. The Bertz CT molecular complexity index is 374. The lowest BCUT2D eigenvalue weighted by molar-refractivity contribution is 0.141. The summed E-state index contributed by atoms with van der Waals surface area (Å²) in [6, 6.07) is 5.01. The molecule has 3 heteroatoms. The second-order valence-electron chi connectivity index (χ2n) is 5.87. The number of nitrogens with one attached hydrogen (secondary N) is 1. The molecule has 1 fully saturated rings. The molecule has 0 aliphatic carbocycles. The fourth-order valence-electron chi connectivity index (χ4n) is 2.86. The Morgan fingerprint density at radius 3 is 2.89 bits per heavy atom. The molecule has 3 nitrogen and oxygen atoms in total. The molecule has 1 aliphatic rings. The number of hydrogen-bond donors (Lipinski definition) is 1. The van der Waals surface area contributed by atoms with Crippen LogP contribution in [0.15, 0.2) is 18.3 Å². The van der Waals surface area contributed by atoms with Gasteiger partial charge in [-0.3, -0.25) is 9.88 Å². The Morgan fingerprint density at radius 2 is 2.26 bits per heavy atom. The zero-order valence-electron chi connectivity index (χ0n) is 12.5. The first-order valence-electron chi connectivity index (χ1n) is 7.56. The van der Waals surface area contributed by atoms with Crippen molar-refractivity contribution in [1.29, 1.82) is 0 Å². The first-order valence-corrected chi connectivity index (χ1v) is 7.56. The molecule has 2 rings (SSSR count). The fourth-order valence-corrected chi connectivity index (χ4v) is 2.86. The van der Waals surface area contributed by atoms with Gasteiger partial charge in [-0.1, -0.05) is 19.9 Å². The third-order valence-corrected chi connectivity index (χ3v) is 4.02. The first kappa shape index (κ1) is 14.5. The molecule has 1 saturated heterocycles. The number of aryl methyl sites for hydroxylation is 1. The lowest BCUT2D eigenvalue weighted by Gasteiger charge is -2.37. The van der Waals surface area contributed by atoms with E-state index < -0.39 is 0 Å². The molecular weight excluding hydrogens is 234 g/mol. The van der Waals surface area contributed by atoms with Crippen LogP contribution < -0.4 is 5.32 Å². The third-order valence-electron chi connectivity index (χ3n) is 4.02. The van der Waals surface area contributed by atoms with Crippen LogP contribution in [0.5, 0.6) is 0 Å². The highest BCUT2D eigenvalue weighted by Crippen LogP contribution is 2.18. The predicted octanol–water partition coefficient (Wildman–Crippen LogP) is 2.60. The van der Waals surface area contributed by atoms with Gasteiger partial charge in [0.1, 0.15) is 0 Å². The zero-order valence-corrected chi connectivity index (χ0v) is 12.5. The van der Waals surface area contributed by atoms with Crippen molar-refractivity contribution in [2.75, 3.05) is 19.6 Å². The van der Waals surface area contributed by atoms with Crippen molar-refractivity contribution in [3.63, 3.8) is 0 Å². The molecular formula is C16H27N3. The standard InChI is InChI=1S/C16H27N3/c1-4-8-17-16-7-9-19(11-13(16)2)12-15-6-5-14(3)18-10-15/h5-6,10,13,16-17H,4,7-9,11-12H2,1-3H3.